The number of aryl methyl sites for hydroxylation is 1. The van der Waals surface area contributed by atoms with Gasteiger partial charge in [0.25, 0.3) is 0 Å². The highest BCUT2D eigenvalue weighted by molar-refractivity contribution is 5.84. The fourth-order valence-corrected chi connectivity index (χ4v) is 1.49. The van der Waals surface area contributed by atoms with Gasteiger partial charge in [0.1, 0.15) is 11.6 Å². The van der Waals surface area contributed by atoms with Gasteiger partial charge < -0.3 is 4.98 Å². The number of hydrogen-bond donors (Lipinski definition) is 1. The number of carbonyl (C=O) groups excluding carboxylic acids is 1. The number of aromatic nitrogens is 3. The van der Waals surface area contributed by atoms with Crippen LogP contribution in [0.15, 0.2) is 12.3 Å². The van der Waals surface area contributed by atoms with Crippen LogP contribution in [0.5, 0.6) is 0 Å². The van der Waals surface area contributed by atoms with Crippen molar-refractivity contribution in [1.82, 2.24) is 15.0 Å². The van der Waals surface area contributed by atoms with Gasteiger partial charge in [0.15, 0.2) is 5.65 Å². The van der Waals surface area contributed by atoms with Gasteiger partial charge in [-0.1, -0.05) is 0 Å². The molecule has 2 rings (SSSR count). The van der Waals surface area contributed by atoms with Crippen molar-refractivity contribution in [2.24, 2.45) is 0 Å². The normalized spacial score (nSPS) is 10.7. The molecule has 0 aliphatic carbocycles. The zero-order chi connectivity index (χ0) is 10.1. The van der Waals surface area contributed by atoms with Crippen LogP contribution in [0.1, 0.15) is 18.3 Å². The molecule has 0 fully saturated rings. The predicted molar refractivity (Wildman–Crippen MR) is 53.0 cm³/mol. The molecule has 2 aromatic heterocycles. The third kappa shape index (κ3) is 1.51. The van der Waals surface area contributed by atoms with Crippen LogP contribution in [0, 0.1) is 6.92 Å². The molecule has 4 heteroatoms. The lowest BCUT2D eigenvalue weighted by Crippen LogP contribution is -1.97. The highest BCUT2D eigenvalue weighted by Crippen LogP contribution is 2.14. The van der Waals surface area contributed by atoms with E-state index >= 15 is 0 Å². The first-order valence-electron chi connectivity index (χ1n) is 4.46. The summed E-state index contributed by atoms with van der Waals surface area (Å²) in [7, 11) is 0. The van der Waals surface area contributed by atoms with Gasteiger partial charge in [-0.3, -0.25) is 4.79 Å². The fraction of sp³-hybridized carbons (Fsp3) is 0.300. The summed E-state index contributed by atoms with van der Waals surface area (Å²) in [4.78, 5) is 22.4. The van der Waals surface area contributed by atoms with Crippen LogP contribution in [0.25, 0.3) is 11.2 Å². The minimum atomic E-state index is 0.143. The number of H-pyrrole nitrogens is 1. The Bertz CT molecular complexity index is 487. The van der Waals surface area contributed by atoms with Crippen molar-refractivity contribution in [2.45, 2.75) is 20.3 Å². The van der Waals surface area contributed by atoms with Gasteiger partial charge in [-0.15, -0.1) is 0 Å². The average molecular weight is 189 g/mol. The second kappa shape index (κ2) is 3.21. The number of rotatable bonds is 2. The maximum absolute atomic E-state index is 11.0. The molecular formula is C10H11N3O. The standard InChI is InChI=1S/C10H11N3O/c1-6(14)5-8-3-4-11-10-9(8)12-7(2)13-10/h3-4H,5H2,1-2H3,(H,11,12,13). The third-order valence-corrected chi connectivity index (χ3v) is 2.04. The minimum Gasteiger partial charge on any atom is -0.341 e. The molecule has 2 aromatic rings. The Hall–Kier alpha value is -1.71. The number of Topliss-reactive ketones (excluding diaryl/α,β-unsaturated/α-hetero) is 1. The second-order valence-electron chi connectivity index (χ2n) is 3.37. The summed E-state index contributed by atoms with van der Waals surface area (Å²) < 4.78 is 0. The van der Waals surface area contributed by atoms with E-state index in [0.29, 0.717) is 12.1 Å². The van der Waals surface area contributed by atoms with Crippen molar-refractivity contribution in [1.29, 1.82) is 0 Å². The highest BCUT2D eigenvalue weighted by atomic mass is 16.1. The van der Waals surface area contributed by atoms with Gasteiger partial charge >= 0.3 is 0 Å². The summed E-state index contributed by atoms with van der Waals surface area (Å²) in [5.41, 5.74) is 2.52. The van der Waals surface area contributed by atoms with E-state index in [2.05, 4.69) is 15.0 Å². The van der Waals surface area contributed by atoms with Crippen LogP contribution in [0.3, 0.4) is 0 Å². The molecule has 0 amide bonds. The quantitative estimate of drug-likeness (QED) is 0.776. The molecule has 0 bridgehead atoms. The lowest BCUT2D eigenvalue weighted by molar-refractivity contribution is -0.116. The van der Waals surface area contributed by atoms with Crippen LogP contribution < -0.4 is 0 Å². The Labute approximate surface area is 81.4 Å². The smallest absolute Gasteiger partial charge is 0.177 e. The molecule has 0 atom stereocenters. The number of hydrogen-bond acceptors (Lipinski definition) is 3. The van der Waals surface area contributed by atoms with E-state index < -0.39 is 0 Å². The summed E-state index contributed by atoms with van der Waals surface area (Å²) >= 11 is 0. The number of aromatic amines is 1. The van der Waals surface area contributed by atoms with Crippen molar-refractivity contribution in [2.75, 3.05) is 0 Å². The molecule has 0 aromatic carbocycles. The lowest BCUT2D eigenvalue weighted by Gasteiger charge is -1.97. The van der Waals surface area contributed by atoms with E-state index in [0.717, 1.165) is 16.9 Å². The van der Waals surface area contributed by atoms with E-state index in [9.17, 15) is 4.79 Å². The molecule has 0 aliphatic rings. The van der Waals surface area contributed by atoms with Crippen LogP contribution in [-0.2, 0) is 11.2 Å². The first-order chi connectivity index (χ1) is 6.66. The zero-order valence-electron chi connectivity index (χ0n) is 8.16. The number of ketones is 1. The van der Waals surface area contributed by atoms with E-state index in [-0.39, 0.29) is 5.78 Å². The van der Waals surface area contributed by atoms with Gasteiger partial charge in [0.2, 0.25) is 0 Å². The minimum absolute atomic E-state index is 0.143. The van der Waals surface area contributed by atoms with Gasteiger partial charge in [-0.2, -0.15) is 0 Å². The van der Waals surface area contributed by atoms with Gasteiger partial charge in [-0.25, -0.2) is 9.97 Å². The van der Waals surface area contributed by atoms with Crippen LogP contribution in [0.4, 0.5) is 0 Å². The first-order valence-corrected chi connectivity index (χ1v) is 4.46. The van der Waals surface area contributed by atoms with Crippen molar-refractivity contribution < 1.29 is 4.79 Å². The van der Waals surface area contributed by atoms with Gasteiger partial charge in [-0.05, 0) is 25.5 Å². The maximum Gasteiger partial charge on any atom is 0.177 e. The zero-order valence-corrected chi connectivity index (χ0v) is 8.16. The summed E-state index contributed by atoms with van der Waals surface area (Å²) in [5.74, 6) is 0.966. The highest BCUT2D eigenvalue weighted by Gasteiger charge is 2.07. The molecular weight excluding hydrogens is 178 g/mol. The number of fused-ring (bicyclic) bond motifs is 1. The largest absolute Gasteiger partial charge is 0.341 e. The third-order valence-electron chi connectivity index (χ3n) is 2.04. The van der Waals surface area contributed by atoms with E-state index in [1.807, 2.05) is 13.0 Å². The Kier molecular flexibility index (Phi) is 2.04. The van der Waals surface area contributed by atoms with E-state index in [1.165, 1.54) is 0 Å². The molecule has 14 heavy (non-hydrogen) atoms. The monoisotopic (exact) mass is 189 g/mol. The Morgan fingerprint density at radius 2 is 2.36 bits per heavy atom. The SMILES string of the molecule is CC(=O)Cc1ccnc2nc(C)[nH]c12. The number of pyridine rings is 1. The molecule has 0 saturated heterocycles. The van der Waals surface area contributed by atoms with Crippen LogP contribution >= 0.6 is 0 Å². The molecule has 0 unspecified atom stereocenters. The Morgan fingerprint density at radius 1 is 1.57 bits per heavy atom. The average Bonchev–Trinajstić information content (AvgIpc) is 2.45. The fourth-order valence-electron chi connectivity index (χ4n) is 1.49. The number of carbonyl (C=O) groups is 1. The van der Waals surface area contributed by atoms with E-state index in [4.69, 9.17) is 0 Å². The first kappa shape index (κ1) is 8.87. The van der Waals surface area contributed by atoms with Crippen molar-refractivity contribution in [3.63, 3.8) is 0 Å². The van der Waals surface area contributed by atoms with Crippen LogP contribution in [-0.4, -0.2) is 20.7 Å². The summed E-state index contributed by atoms with van der Waals surface area (Å²) in [6.07, 6.45) is 2.11. The van der Waals surface area contributed by atoms with Crippen LogP contribution in [0.2, 0.25) is 0 Å². The van der Waals surface area contributed by atoms with Gasteiger partial charge in [0.05, 0.1) is 5.52 Å². The van der Waals surface area contributed by atoms with E-state index in [1.54, 1.807) is 13.1 Å². The molecule has 0 radical (unpaired) electrons. The molecule has 0 spiro atoms. The summed E-state index contributed by atoms with van der Waals surface area (Å²) in [6, 6.07) is 1.85. The molecule has 0 saturated carbocycles. The topological polar surface area (TPSA) is 58.6 Å². The second-order valence-corrected chi connectivity index (χ2v) is 3.37. The maximum atomic E-state index is 11.0. The Morgan fingerprint density at radius 3 is 3.07 bits per heavy atom. The predicted octanol–water partition coefficient (Wildman–Crippen LogP) is 1.40. The number of nitrogens with zero attached hydrogens (tertiary/aromatic N) is 2. The molecule has 0 aliphatic heterocycles. The number of imidazole rings is 1. The van der Waals surface area contributed by atoms with Crippen molar-refractivity contribution in [3.8, 4) is 0 Å². The Balaban J connectivity index is 2.58. The molecule has 72 valence electrons. The number of nitrogens with one attached hydrogen (secondary N) is 1. The van der Waals surface area contributed by atoms with Crippen molar-refractivity contribution in [3.05, 3.63) is 23.7 Å². The van der Waals surface area contributed by atoms with Gasteiger partial charge in [0, 0.05) is 12.6 Å². The molecule has 2 heterocycles. The summed E-state index contributed by atoms with van der Waals surface area (Å²) in [6.45, 7) is 3.45. The lowest BCUT2D eigenvalue weighted by atomic mass is 10.1. The molecule has 1 N–H and O–H groups in total. The molecule has 4 nitrogen and oxygen atoms in total. The summed E-state index contributed by atoms with van der Waals surface area (Å²) in [5, 5.41) is 0. The van der Waals surface area contributed by atoms with Crippen molar-refractivity contribution >= 4 is 16.9 Å².